The van der Waals surface area contributed by atoms with Gasteiger partial charge in [0, 0.05) is 17.1 Å². The van der Waals surface area contributed by atoms with Crippen molar-refractivity contribution in [2.24, 2.45) is 0 Å². The van der Waals surface area contributed by atoms with Gasteiger partial charge in [0.05, 0.1) is 32.9 Å². The molecule has 0 fully saturated rings. The van der Waals surface area contributed by atoms with E-state index in [9.17, 15) is 4.79 Å². The molecule has 1 N–H and O–H groups in total. The fraction of sp³-hybridized carbons (Fsp3) is 0.200. The molecular weight excluding hydrogens is 371 g/mol. The Morgan fingerprint density at radius 3 is 2.42 bits per heavy atom. The van der Waals surface area contributed by atoms with E-state index >= 15 is 0 Å². The molecule has 0 bridgehead atoms. The van der Waals surface area contributed by atoms with Crippen LogP contribution in [-0.4, -0.2) is 17.0 Å². The first kappa shape index (κ1) is 18.5. The fourth-order valence-corrected chi connectivity index (χ4v) is 3.26. The number of pyridine rings is 1. The predicted octanol–water partition coefficient (Wildman–Crippen LogP) is 5.89. The summed E-state index contributed by atoms with van der Waals surface area (Å²) in [6, 6.07) is 10.5. The predicted molar refractivity (Wildman–Crippen MR) is 107 cm³/mol. The van der Waals surface area contributed by atoms with Crippen molar-refractivity contribution in [1.82, 2.24) is 4.98 Å². The molecule has 0 saturated carbocycles. The second-order valence-electron chi connectivity index (χ2n) is 6.19. The SMILES string of the molecule is Cc1cnc2c(NC(=O)c3c(Cl)cccc3Cl)cccc2c1OC(C)C. The van der Waals surface area contributed by atoms with E-state index in [1.807, 2.05) is 32.9 Å². The van der Waals surface area contributed by atoms with Crippen LogP contribution in [0.25, 0.3) is 10.9 Å². The van der Waals surface area contributed by atoms with E-state index in [1.165, 1.54) is 0 Å². The van der Waals surface area contributed by atoms with E-state index in [1.54, 1.807) is 30.5 Å². The number of carbonyl (C=O) groups excluding carboxylic acids is 1. The summed E-state index contributed by atoms with van der Waals surface area (Å²) in [4.78, 5) is 17.2. The number of anilines is 1. The first-order valence-electron chi connectivity index (χ1n) is 8.19. The number of halogens is 2. The highest BCUT2D eigenvalue weighted by molar-refractivity contribution is 6.40. The number of aromatic nitrogens is 1. The maximum Gasteiger partial charge on any atom is 0.258 e. The number of nitrogens with zero attached hydrogens (tertiary/aromatic N) is 1. The molecule has 1 heterocycles. The summed E-state index contributed by atoms with van der Waals surface area (Å²) in [6.45, 7) is 5.88. The quantitative estimate of drug-likeness (QED) is 0.605. The van der Waals surface area contributed by atoms with Crippen molar-refractivity contribution in [3.8, 4) is 5.75 Å². The lowest BCUT2D eigenvalue weighted by atomic mass is 10.1. The Hall–Kier alpha value is -2.30. The van der Waals surface area contributed by atoms with Gasteiger partial charge < -0.3 is 10.1 Å². The normalized spacial score (nSPS) is 11.0. The van der Waals surface area contributed by atoms with Crippen LogP contribution in [0.1, 0.15) is 29.8 Å². The van der Waals surface area contributed by atoms with Crippen molar-refractivity contribution in [3.63, 3.8) is 0 Å². The molecule has 0 aliphatic rings. The van der Waals surface area contributed by atoms with Gasteiger partial charge in [0.2, 0.25) is 0 Å². The number of carbonyl (C=O) groups is 1. The van der Waals surface area contributed by atoms with Crippen LogP contribution in [0.15, 0.2) is 42.6 Å². The van der Waals surface area contributed by atoms with Crippen molar-refractivity contribution < 1.29 is 9.53 Å². The van der Waals surface area contributed by atoms with Crippen LogP contribution in [0.5, 0.6) is 5.75 Å². The van der Waals surface area contributed by atoms with Crippen molar-refractivity contribution in [3.05, 3.63) is 63.8 Å². The second kappa shape index (κ2) is 7.52. The number of hydrogen-bond acceptors (Lipinski definition) is 3. The van der Waals surface area contributed by atoms with Gasteiger partial charge in [0.25, 0.3) is 5.91 Å². The monoisotopic (exact) mass is 388 g/mol. The molecule has 0 spiro atoms. The largest absolute Gasteiger partial charge is 0.490 e. The van der Waals surface area contributed by atoms with Gasteiger partial charge in [-0.15, -0.1) is 0 Å². The Balaban J connectivity index is 2.05. The lowest BCUT2D eigenvalue weighted by Gasteiger charge is -2.16. The van der Waals surface area contributed by atoms with E-state index in [-0.39, 0.29) is 17.6 Å². The van der Waals surface area contributed by atoms with Crippen LogP contribution >= 0.6 is 23.2 Å². The zero-order valence-electron chi connectivity index (χ0n) is 14.6. The van der Waals surface area contributed by atoms with E-state index in [2.05, 4.69) is 10.3 Å². The Kier molecular flexibility index (Phi) is 5.35. The maximum absolute atomic E-state index is 12.7. The highest BCUT2D eigenvalue weighted by atomic mass is 35.5. The molecule has 3 aromatic rings. The average Bonchev–Trinajstić information content (AvgIpc) is 2.57. The molecule has 3 rings (SSSR count). The smallest absolute Gasteiger partial charge is 0.258 e. The Morgan fingerprint density at radius 1 is 1.12 bits per heavy atom. The molecular formula is C20H18Cl2N2O2. The molecule has 0 aliphatic carbocycles. The van der Waals surface area contributed by atoms with Gasteiger partial charge in [0.15, 0.2) is 0 Å². The molecule has 134 valence electrons. The first-order valence-corrected chi connectivity index (χ1v) is 8.94. The zero-order valence-corrected chi connectivity index (χ0v) is 16.2. The van der Waals surface area contributed by atoms with E-state index in [4.69, 9.17) is 27.9 Å². The highest BCUT2D eigenvalue weighted by Crippen LogP contribution is 2.33. The molecule has 26 heavy (non-hydrogen) atoms. The number of para-hydroxylation sites is 1. The van der Waals surface area contributed by atoms with Gasteiger partial charge in [-0.2, -0.15) is 0 Å². The molecule has 2 aromatic carbocycles. The number of amides is 1. The number of nitrogens with one attached hydrogen (secondary N) is 1. The first-order chi connectivity index (χ1) is 12.4. The van der Waals surface area contributed by atoms with Crippen molar-refractivity contribution in [2.75, 3.05) is 5.32 Å². The Morgan fingerprint density at radius 2 is 1.77 bits per heavy atom. The van der Waals surface area contributed by atoms with Crippen molar-refractivity contribution >= 4 is 45.7 Å². The molecule has 0 unspecified atom stereocenters. The van der Waals surface area contributed by atoms with Gasteiger partial charge in [-0.3, -0.25) is 9.78 Å². The Labute approximate surface area is 162 Å². The third-order valence-corrected chi connectivity index (χ3v) is 4.45. The molecule has 1 aromatic heterocycles. The molecule has 0 saturated heterocycles. The second-order valence-corrected chi connectivity index (χ2v) is 7.00. The molecule has 6 heteroatoms. The van der Waals surface area contributed by atoms with Crippen LogP contribution < -0.4 is 10.1 Å². The van der Waals surface area contributed by atoms with E-state index in [0.29, 0.717) is 21.2 Å². The standard InChI is InChI=1S/C20H18Cl2N2O2/c1-11(2)26-19-12(3)10-23-18-13(19)6-4-9-16(18)24-20(25)17-14(21)7-5-8-15(17)22/h4-11H,1-3H3,(H,24,25). The summed E-state index contributed by atoms with van der Waals surface area (Å²) in [5, 5.41) is 4.28. The maximum atomic E-state index is 12.7. The number of hydrogen-bond donors (Lipinski definition) is 1. The van der Waals surface area contributed by atoms with Gasteiger partial charge in [-0.1, -0.05) is 35.3 Å². The highest BCUT2D eigenvalue weighted by Gasteiger charge is 2.17. The third-order valence-electron chi connectivity index (χ3n) is 3.82. The number of benzene rings is 2. The fourth-order valence-electron chi connectivity index (χ4n) is 2.69. The third kappa shape index (κ3) is 3.62. The summed E-state index contributed by atoms with van der Waals surface area (Å²) >= 11 is 12.3. The minimum Gasteiger partial charge on any atom is -0.490 e. The topological polar surface area (TPSA) is 51.2 Å². The summed E-state index contributed by atoms with van der Waals surface area (Å²) in [6.07, 6.45) is 1.76. The number of fused-ring (bicyclic) bond motifs is 1. The summed E-state index contributed by atoms with van der Waals surface area (Å²) in [5.41, 5.74) is 2.38. The molecule has 0 aliphatic heterocycles. The minimum absolute atomic E-state index is 0.0273. The number of aryl methyl sites for hydroxylation is 1. The lowest BCUT2D eigenvalue weighted by molar-refractivity contribution is 0.102. The molecule has 0 atom stereocenters. The van der Waals surface area contributed by atoms with Crippen LogP contribution in [-0.2, 0) is 0 Å². The van der Waals surface area contributed by atoms with Crippen molar-refractivity contribution in [2.45, 2.75) is 26.9 Å². The lowest BCUT2D eigenvalue weighted by Crippen LogP contribution is -2.14. The minimum atomic E-state index is -0.387. The average molecular weight is 389 g/mol. The Bertz CT molecular complexity index is 967. The van der Waals surface area contributed by atoms with Crippen LogP contribution in [0.2, 0.25) is 10.0 Å². The van der Waals surface area contributed by atoms with Crippen LogP contribution in [0.4, 0.5) is 5.69 Å². The zero-order chi connectivity index (χ0) is 18.8. The summed E-state index contributed by atoms with van der Waals surface area (Å²) in [7, 11) is 0. The van der Waals surface area contributed by atoms with Crippen molar-refractivity contribution in [1.29, 1.82) is 0 Å². The van der Waals surface area contributed by atoms with E-state index < -0.39 is 0 Å². The van der Waals surface area contributed by atoms with Gasteiger partial charge in [-0.25, -0.2) is 0 Å². The molecule has 1 amide bonds. The molecule has 4 nitrogen and oxygen atoms in total. The van der Waals surface area contributed by atoms with Crippen LogP contribution in [0, 0.1) is 6.92 Å². The number of ether oxygens (including phenoxy) is 1. The summed E-state index contributed by atoms with van der Waals surface area (Å²) < 4.78 is 5.95. The van der Waals surface area contributed by atoms with Gasteiger partial charge in [0.1, 0.15) is 5.75 Å². The van der Waals surface area contributed by atoms with Gasteiger partial charge in [-0.05, 0) is 45.0 Å². The van der Waals surface area contributed by atoms with Gasteiger partial charge >= 0.3 is 0 Å². The van der Waals surface area contributed by atoms with Crippen LogP contribution in [0.3, 0.4) is 0 Å². The molecule has 0 radical (unpaired) electrons. The number of rotatable bonds is 4. The summed E-state index contributed by atoms with van der Waals surface area (Å²) in [5.74, 6) is 0.374. The van der Waals surface area contributed by atoms with E-state index in [0.717, 1.165) is 16.7 Å².